The molecule has 0 spiro atoms. The van der Waals surface area contributed by atoms with Crippen LogP contribution in [0.4, 0.5) is 0 Å². The fraction of sp³-hybridized carbons (Fsp3) is 0.167. The molecule has 1 aliphatic heterocycles. The molecule has 0 saturated carbocycles. The monoisotopic (exact) mass is 451 g/mol. The van der Waals surface area contributed by atoms with Crippen LogP contribution in [-0.2, 0) is 11.3 Å². The fourth-order valence-corrected chi connectivity index (χ4v) is 4.17. The number of nitrogens with one attached hydrogen (secondary N) is 1. The van der Waals surface area contributed by atoms with Crippen molar-refractivity contribution in [3.63, 3.8) is 0 Å². The van der Waals surface area contributed by atoms with Gasteiger partial charge in [-0.1, -0.05) is 35.3 Å². The summed E-state index contributed by atoms with van der Waals surface area (Å²) in [6, 6.07) is 11.1. The molecule has 4 aromatic rings. The minimum absolute atomic E-state index is 0.0887. The molecule has 31 heavy (non-hydrogen) atoms. The van der Waals surface area contributed by atoms with Gasteiger partial charge in [0.2, 0.25) is 0 Å². The van der Waals surface area contributed by atoms with Gasteiger partial charge < -0.3 is 14.3 Å². The average molecular weight is 452 g/mol. The molecule has 5 rings (SSSR count). The Balaban J connectivity index is 1.48. The SMILES string of the molecule is O=c1cc(-c2c[nH]c3ncc(C4=CCOCC4)cc23)ccn1Cc1ccc(Cl)c(Cl)c1. The van der Waals surface area contributed by atoms with Gasteiger partial charge in [-0.3, -0.25) is 4.79 Å². The Morgan fingerprint density at radius 3 is 2.77 bits per heavy atom. The van der Waals surface area contributed by atoms with Crippen LogP contribution in [0.3, 0.4) is 0 Å². The maximum absolute atomic E-state index is 12.8. The van der Waals surface area contributed by atoms with Crippen molar-refractivity contribution in [1.82, 2.24) is 14.5 Å². The molecule has 0 radical (unpaired) electrons. The second-order valence-corrected chi connectivity index (χ2v) is 8.32. The lowest BCUT2D eigenvalue weighted by Gasteiger charge is -2.13. The maximum atomic E-state index is 12.8. The molecular weight excluding hydrogens is 433 g/mol. The number of benzene rings is 1. The number of H-pyrrole nitrogens is 1. The van der Waals surface area contributed by atoms with Gasteiger partial charge in [0, 0.05) is 35.6 Å². The van der Waals surface area contributed by atoms with E-state index in [2.05, 4.69) is 22.1 Å². The number of halogens is 2. The number of fused-ring (bicyclic) bond motifs is 1. The van der Waals surface area contributed by atoms with Crippen LogP contribution in [-0.4, -0.2) is 27.7 Å². The molecule has 4 heterocycles. The zero-order valence-corrected chi connectivity index (χ0v) is 18.1. The van der Waals surface area contributed by atoms with Crippen molar-refractivity contribution >= 4 is 39.8 Å². The van der Waals surface area contributed by atoms with E-state index < -0.39 is 0 Å². The summed E-state index contributed by atoms with van der Waals surface area (Å²) in [4.78, 5) is 20.6. The lowest BCUT2D eigenvalue weighted by molar-refractivity contribution is 0.161. The third kappa shape index (κ3) is 4.04. The van der Waals surface area contributed by atoms with E-state index >= 15 is 0 Å². The highest BCUT2D eigenvalue weighted by atomic mass is 35.5. The number of nitrogens with zero attached hydrogens (tertiary/aromatic N) is 2. The minimum atomic E-state index is -0.0887. The highest BCUT2D eigenvalue weighted by Crippen LogP contribution is 2.30. The van der Waals surface area contributed by atoms with Gasteiger partial charge in [0.25, 0.3) is 5.56 Å². The zero-order valence-electron chi connectivity index (χ0n) is 16.6. The molecule has 0 bridgehead atoms. The third-order valence-electron chi connectivity index (χ3n) is 5.51. The molecule has 1 N–H and O–H groups in total. The van der Waals surface area contributed by atoms with Crippen LogP contribution in [0.1, 0.15) is 17.5 Å². The number of aromatic amines is 1. The lowest BCUT2D eigenvalue weighted by Crippen LogP contribution is -2.19. The summed E-state index contributed by atoms with van der Waals surface area (Å²) in [5.74, 6) is 0. The van der Waals surface area contributed by atoms with E-state index in [9.17, 15) is 4.79 Å². The Labute approximate surface area is 188 Å². The summed E-state index contributed by atoms with van der Waals surface area (Å²) in [6.45, 7) is 1.77. The second kappa shape index (κ2) is 8.35. The van der Waals surface area contributed by atoms with Crippen LogP contribution in [0.5, 0.6) is 0 Å². The Bertz CT molecular complexity index is 1370. The Hall–Kier alpha value is -2.86. The van der Waals surface area contributed by atoms with E-state index in [-0.39, 0.29) is 5.56 Å². The summed E-state index contributed by atoms with van der Waals surface area (Å²) in [5, 5.41) is 1.97. The highest BCUT2D eigenvalue weighted by molar-refractivity contribution is 6.42. The molecule has 1 aromatic carbocycles. The van der Waals surface area contributed by atoms with Crippen LogP contribution < -0.4 is 5.56 Å². The van der Waals surface area contributed by atoms with Crippen molar-refractivity contribution in [3.05, 3.63) is 92.6 Å². The van der Waals surface area contributed by atoms with Crippen molar-refractivity contribution in [1.29, 1.82) is 0 Å². The van der Waals surface area contributed by atoms with Gasteiger partial charge in [-0.15, -0.1) is 0 Å². The van der Waals surface area contributed by atoms with Crippen molar-refractivity contribution < 1.29 is 4.74 Å². The van der Waals surface area contributed by atoms with Gasteiger partial charge in [-0.25, -0.2) is 4.98 Å². The van der Waals surface area contributed by atoms with E-state index in [0.717, 1.165) is 46.3 Å². The maximum Gasteiger partial charge on any atom is 0.251 e. The van der Waals surface area contributed by atoms with Crippen LogP contribution in [0.2, 0.25) is 10.0 Å². The molecule has 0 aliphatic carbocycles. The smallest absolute Gasteiger partial charge is 0.251 e. The normalized spacial score (nSPS) is 14.1. The van der Waals surface area contributed by atoms with E-state index in [4.69, 9.17) is 27.9 Å². The first-order valence-corrected chi connectivity index (χ1v) is 10.7. The molecule has 0 saturated heterocycles. The van der Waals surface area contributed by atoms with E-state index in [1.54, 1.807) is 29.0 Å². The molecule has 0 atom stereocenters. The summed E-state index contributed by atoms with van der Waals surface area (Å²) in [6.07, 6.45) is 8.56. The van der Waals surface area contributed by atoms with Gasteiger partial charge in [0.15, 0.2) is 0 Å². The van der Waals surface area contributed by atoms with E-state index in [1.165, 1.54) is 5.57 Å². The Morgan fingerprint density at radius 2 is 2.00 bits per heavy atom. The minimum Gasteiger partial charge on any atom is -0.377 e. The van der Waals surface area contributed by atoms with Crippen LogP contribution >= 0.6 is 23.2 Å². The first-order valence-electron chi connectivity index (χ1n) is 9.97. The first-order chi connectivity index (χ1) is 15.1. The molecule has 7 heteroatoms. The zero-order chi connectivity index (χ0) is 21.4. The summed E-state index contributed by atoms with van der Waals surface area (Å²) in [7, 11) is 0. The Morgan fingerprint density at radius 1 is 1.10 bits per heavy atom. The quantitative estimate of drug-likeness (QED) is 0.442. The first kappa shape index (κ1) is 20.1. The summed E-state index contributed by atoms with van der Waals surface area (Å²) < 4.78 is 7.06. The molecule has 156 valence electrons. The molecular formula is C24H19Cl2N3O2. The van der Waals surface area contributed by atoms with Crippen LogP contribution in [0.25, 0.3) is 27.7 Å². The van der Waals surface area contributed by atoms with Gasteiger partial charge in [-0.05, 0) is 52.9 Å². The predicted octanol–water partition coefficient (Wildman–Crippen LogP) is 5.55. The number of hydrogen-bond donors (Lipinski definition) is 1. The third-order valence-corrected chi connectivity index (χ3v) is 6.25. The van der Waals surface area contributed by atoms with Crippen LogP contribution in [0.15, 0.2) is 65.9 Å². The van der Waals surface area contributed by atoms with Crippen LogP contribution in [0, 0.1) is 0 Å². The van der Waals surface area contributed by atoms with Gasteiger partial charge in [0.05, 0.1) is 29.8 Å². The standard InChI is InChI=1S/C24H19Cl2N3O2/c25-21-2-1-15(9-22(21)26)14-29-6-3-17(11-23(29)30)20-13-28-24-19(20)10-18(12-27-24)16-4-7-31-8-5-16/h1-4,6,9-13H,5,7-8,14H2,(H,27,28). The number of aromatic nitrogens is 3. The summed E-state index contributed by atoms with van der Waals surface area (Å²) >= 11 is 12.1. The van der Waals surface area contributed by atoms with Crippen molar-refractivity contribution in [2.75, 3.05) is 13.2 Å². The molecule has 0 unspecified atom stereocenters. The number of ether oxygens (including phenoxy) is 1. The largest absolute Gasteiger partial charge is 0.377 e. The molecule has 0 amide bonds. The molecule has 5 nitrogen and oxygen atoms in total. The highest BCUT2D eigenvalue weighted by Gasteiger charge is 2.13. The molecule has 1 aliphatic rings. The van der Waals surface area contributed by atoms with Crippen molar-refractivity contribution in [2.24, 2.45) is 0 Å². The fourth-order valence-electron chi connectivity index (χ4n) is 3.85. The van der Waals surface area contributed by atoms with Crippen molar-refractivity contribution in [2.45, 2.75) is 13.0 Å². The topological polar surface area (TPSA) is 59.9 Å². The van der Waals surface area contributed by atoms with E-state index in [1.807, 2.05) is 24.5 Å². The Kier molecular flexibility index (Phi) is 5.40. The number of pyridine rings is 2. The van der Waals surface area contributed by atoms with Gasteiger partial charge >= 0.3 is 0 Å². The lowest BCUT2D eigenvalue weighted by atomic mass is 10.0. The second-order valence-electron chi connectivity index (χ2n) is 7.51. The van der Waals surface area contributed by atoms with Gasteiger partial charge in [0.1, 0.15) is 5.65 Å². The molecule has 0 fully saturated rings. The van der Waals surface area contributed by atoms with E-state index in [0.29, 0.717) is 23.2 Å². The predicted molar refractivity (Wildman–Crippen MR) is 125 cm³/mol. The number of rotatable bonds is 4. The van der Waals surface area contributed by atoms with Gasteiger partial charge in [-0.2, -0.15) is 0 Å². The average Bonchev–Trinajstić information content (AvgIpc) is 3.21. The number of hydrogen-bond acceptors (Lipinski definition) is 3. The summed E-state index contributed by atoms with van der Waals surface area (Å²) in [5.41, 5.74) is 5.75. The van der Waals surface area contributed by atoms with Crippen molar-refractivity contribution in [3.8, 4) is 11.1 Å². The molecule has 3 aromatic heterocycles.